The number of hydrogen-bond donors (Lipinski definition) is 1. The van der Waals surface area contributed by atoms with E-state index in [1.54, 1.807) is 19.2 Å². The maximum Gasteiger partial charge on any atom is 0.335 e. The summed E-state index contributed by atoms with van der Waals surface area (Å²) < 4.78 is 0. The van der Waals surface area contributed by atoms with E-state index in [2.05, 4.69) is 5.32 Å². The van der Waals surface area contributed by atoms with Crippen LogP contribution in [0.15, 0.2) is 54.6 Å². The van der Waals surface area contributed by atoms with Crippen LogP contribution in [0.3, 0.4) is 0 Å². The molecule has 0 fully saturated rings. The molecule has 8 heteroatoms. The van der Waals surface area contributed by atoms with Crippen molar-refractivity contribution in [3.63, 3.8) is 0 Å². The van der Waals surface area contributed by atoms with Gasteiger partial charge in [0.25, 0.3) is 11.8 Å². The average Bonchev–Trinajstić information content (AvgIpc) is 2.94. The maximum atomic E-state index is 12.1. The molecule has 0 atom stereocenters. The summed E-state index contributed by atoms with van der Waals surface area (Å²) >= 11 is 0. The van der Waals surface area contributed by atoms with Gasteiger partial charge in [-0.25, -0.2) is 9.59 Å². The summed E-state index contributed by atoms with van der Waals surface area (Å²) in [5.74, 6) is -2.15. The molecule has 28 heavy (non-hydrogen) atoms. The lowest BCUT2D eigenvalue weighted by Crippen LogP contribution is -2.38. The number of urea groups is 1. The molecule has 0 unspecified atom stereocenters. The Bertz CT molecular complexity index is 878. The Morgan fingerprint density at radius 1 is 0.964 bits per heavy atom. The van der Waals surface area contributed by atoms with E-state index in [-0.39, 0.29) is 30.1 Å². The van der Waals surface area contributed by atoms with Gasteiger partial charge in [0, 0.05) is 20.1 Å². The van der Waals surface area contributed by atoms with Crippen molar-refractivity contribution in [2.24, 2.45) is 0 Å². The van der Waals surface area contributed by atoms with Crippen LogP contribution in [0.4, 0.5) is 4.79 Å². The number of hydrogen-bond acceptors (Lipinski definition) is 5. The van der Waals surface area contributed by atoms with Crippen LogP contribution in [0.2, 0.25) is 0 Å². The number of carbonyl (C=O) groups is 4. The molecule has 1 heterocycles. The van der Waals surface area contributed by atoms with E-state index < -0.39 is 17.8 Å². The summed E-state index contributed by atoms with van der Waals surface area (Å²) in [6.45, 7) is 0.437. The van der Waals surface area contributed by atoms with Gasteiger partial charge >= 0.3 is 12.0 Å². The molecule has 0 saturated heterocycles. The van der Waals surface area contributed by atoms with Gasteiger partial charge in [-0.3, -0.25) is 9.59 Å². The molecule has 1 aliphatic heterocycles. The number of rotatable bonds is 6. The molecule has 2 aromatic carbocycles. The number of nitrogens with one attached hydrogen (secondary N) is 1. The van der Waals surface area contributed by atoms with E-state index in [4.69, 9.17) is 4.84 Å². The molecule has 0 bridgehead atoms. The predicted octanol–water partition coefficient (Wildman–Crippen LogP) is 1.97. The first kappa shape index (κ1) is 19.1. The summed E-state index contributed by atoms with van der Waals surface area (Å²) in [5.41, 5.74) is 1.36. The van der Waals surface area contributed by atoms with Crippen LogP contribution < -0.4 is 5.32 Å². The SMILES string of the molecule is CN(Cc1ccccc1)C(=O)NCCC(=O)ON1C(=O)c2ccccc2C1=O. The number of amides is 4. The van der Waals surface area contributed by atoms with Crippen molar-refractivity contribution >= 4 is 23.8 Å². The summed E-state index contributed by atoms with van der Waals surface area (Å²) in [6, 6.07) is 15.4. The van der Waals surface area contributed by atoms with Gasteiger partial charge in [-0.1, -0.05) is 47.5 Å². The second-order valence-corrected chi connectivity index (χ2v) is 6.24. The smallest absolute Gasteiger partial charge is 0.335 e. The third-order valence-electron chi connectivity index (χ3n) is 4.16. The lowest BCUT2D eigenvalue weighted by molar-refractivity contribution is -0.168. The van der Waals surface area contributed by atoms with E-state index in [0.29, 0.717) is 11.6 Å². The van der Waals surface area contributed by atoms with Crippen LogP contribution in [0, 0.1) is 0 Å². The molecule has 144 valence electrons. The van der Waals surface area contributed by atoms with Crippen molar-refractivity contribution < 1.29 is 24.0 Å². The van der Waals surface area contributed by atoms with Gasteiger partial charge in [0.1, 0.15) is 0 Å². The molecule has 1 N–H and O–H groups in total. The second-order valence-electron chi connectivity index (χ2n) is 6.24. The van der Waals surface area contributed by atoms with E-state index >= 15 is 0 Å². The fourth-order valence-corrected chi connectivity index (χ4v) is 2.73. The van der Waals surface area contributed by atoms with Gasteiger partial charge in [0.15, 0.2) is 0 Å². The van der Waals surface area contributed by atoms with Gasteiger partial charge < -0.3 is 15.1 Å². The van der Waals surface area contributed by atoms with Gasteiger partial charge in [0.2, 0.25) is 0 Å². The van der Waals surface area contributed by atoms with Crippen molar-refractivity contribution in [1.29, 1.82) is 0 Å². The number of nitrogens with zero attached hydrogens (tertiary/aromatic N) is 2. The highest BCUT2D eigenvalue weighted by molar-refractivity contribution is 6.20. The topological polar surface area (TPSA) is 96.0 Å². The minimum Gasteiger partial charge on any atom is -0.337 e. The lowest BCUT2D eigenvalue weighted by atomic mass is 10.1. The zero-order valence-electron chi connectivity index (χ0n) is 15.3. The van der Waals surface area contributed by atoms with E-state index in [0.717, 1.165) is 5.56 Å². The molecule has 0 radical (unpaired) electrons. The van der Waals surface area contributed by atoms with E-state index in [1.807, 2.05) is 30.3 Å². The molecule has 3 rings (SSSR count). The minimum absolute atomic E-state index is 0.0139. The third kappa shape index (κ3) is 4.17. The van der Waals surface area contributed by atoms with Crippen LogP contribution >= 0.6 is 0 Å². The normalized spacial score (nSPS) is 12.5. The number of hydroxylamine groups is 2. The van der Waals surface area contributed by atoms with Crippen molar-refractivity contribution in [3.8, 4) is 0 Å². The lowest BCUT2D eigenvalue weighted by Gasteiger charge is -2.18. The molecule has 4 amide bonds. The Morgan fingerprint density at radius 2 is 1.54 bits per heavy atom. The van der Waals surface area contributed by atoms with Gasteiger partial charge in [-0.15, -0.1) is 0 Å². The van der Waals surface area contributed by atoms with Crippen LogP contribution in [0.1, 0.15) is 32.7 Å². The van der Waals surface area contributed by atoms with Crippen LogP contribution in [0.25, 0.3) is 0 Å². The predicted molar refractivity (Wildman–Crippen MR) is 99.0 cm³/mol. The molecular formula is C20H19N3O5. The van der Waals surface area contributed by atoms with Crippen LogP contribution in [-0.2, 0) is 16.2 Å². The minimum atomic E-state index is -0.791. The Labute approximate surface area is 161 Å². The van der Waals surface area contributed by atoms with Crippen molar-refractivity contribution in [2.75, 3.05) is 13.6 Å². The standard InChI is InChI=1S/C20H19N3O5/c1-22(13-14-7-3-2-4-8-14)20(27)21-12-11-17(24)28-23-18(25)15-9-5-6-10-16(15)19(23)26/h2-10H,11-13H2,1H3,(H,21,27). The Hall–Kier alpha value is -3.68. The Kier molecular flexibility index (Phi) is 5.69. The number of carbonyl (C=O) groups excluding carboxylic acids is 4. The fourth-order valence-electron chi connectivity index (χ4n) is 2.73. The van der Waals surface area contributed by atoms with Crippen molar-refractivity contribution in [3.05, 3.63) is 71.3 Å². The monoisotopic (exact) mass is 381 g/mol. The quantitative estimate of drug-likeness (QED) is 0.772. The Morgan fingerprint density at radius 3 is 2.14 bits per heavy atom. The summed E-state index contributed by atoms with van der Waals surface area (Å²) in [5, 5.41) is 3.05. The number of fused-ring (bicyclic) bond motifs is 1. The molecular weight excluding hydrogens is 362 g/mol. The van der Waals surface area contributed by atoms with Gasteiger partial charge in [-0.05, 0) is 17.7 Å². The Balaban J connectivity index is 1.44. The number of imide groups is 1. The highest BCUT2D eigenvalue weighted by Crippen LogP contribution is 2.22. The highest BCUT2D eigenvalue weighted by atomic mass is 16.7. The van der Waals surface area contributed by atoms with Crippen LogP contribution in [-0.4, -0.2) is 47.4 Å². The fraction of sp³-hybridized carbons (Fsp3) is 0.200. The first-order valence-corrected chi connectivity index (χ1v) is 8.69. The average molecular weight is 381 g/mol. The van der Waals surface area contributed by atoms with E-state index in [1.165, 1.54) is 17.0 Å². The molecule has 0 aromatic heterocycles. The van der Waals surface area contributed by atoms with Crippen molar-refractivity contribution in [1.82, 2.24) is 15.3 Å². The van der Waals surface area contributed by atoms with Gasteiger partial charge in [-0.2, -0.15) is 0 Å². The van der Waals surface area contributed by atoms with Crippen molar-refractivity contribution in [2.45, 2.75) is 13.0 Å². The summed E-state index contributed by atoms with van der Waals surface area (Å²) in [4.78, 5) is 54.7. The highest BCUT2D eigenvalue weighted by Gasteiger charge is 2.38. The van der Waals surface area contributed by atoms with Crippen LogP contribution in [0.5, 0.6) is 0 Å². The second kappa shape index (κ2) is 8.34. The number of benzene rings is 2. The molecule has 0 aliphatic carbocycles. The zero-order chi connectivity index (χ0) is 20.1. The zero-order valence-corrected chi connectivity index (χ0v) is 15.3. The molecule has 1 aliphatic rings. The maximum absolute atomic E-state index is 12.1. The molecule has 0 spiro atoms. The first-order chi connectivity index (χ1) is 13.5. The largest absolute Gasteiger partial charge is 0.337 e. The van der Waals surface area contributed by atoms with E-state index in [9.17, 15) is 19.2 Å². The summed E-state index contributed by atoms with van der Waals surface area (Å²) in [6.07, 6.45) is -0.182. The molecule has 0 saturated carbocycles. The summed E-state index contributed by atoms with van der Waals surface area (Å²) in [7, 11) is 1.64. The first-order valence-electron chi connectivity index (χ1n) is 8.69. The third-order valence-corrected chi connectivity index (χ3v) is 4.16. The molecule has 2 aromatic rings. The van der Waals surface area contributed by atoms with Gasteiger partial charge in [0.05, 0.1) is 17.5 Å². The molecule has 8 nitrogen and oxygen atoms in total.